The Hall–Kier alpha value is 0.270. The van der Waals surface area contributed by atoms with Gasteiger partial charge in [0.1, 0.15) is 0 Å². The van der Waals surface area contributed by atoms with Gasteiger partial charge in [0.05, 0.1) is 0 Å². The topological polar surface area (TPSA) is 15.3 Å². The molecule has 0 aliphatic carbocycles. The summed E-state index contributed by atoms with van der Waals surface area (Å²) < 4.78 is 0. The van der Waals surface area contributed by atoms with Gasteiger partial charge in [0.25, 0.3) is 0 Å². The van der Waals surface area contributed by atoms with E-state index in [1.54, 1.807) is 0 Å². The van der Waals surface area contributed by atoms with Gasteiger partial charge in [0, 0.05) is 23.4 Å². The van der Waals surface area contributed by atoms with Crippen molar-refractivity contribution in [2.45, 2.75) is 56.5 Å². The Morgan fingerprint density at radius 1 is 1.27 bits per heavy atom. The first kappa shape index (κ1) is 11.7. The average Bonchev–Trinajstić information content (AvgIpc) is 2.59. The van der Waals surface area contributed by atoms with Gasteiger partial charge in [0.2, 0.25) is 0 Å². The van der Waals surface area contributed by atoms with Crippen molar-refractivity contribution in [3.05, 3.63) is 0 Å². The maximum atomic E-state index is 3.87. The molecule has 0 aromatic carbocycles. The first-order chi connectivity index (χ1) is 7.16. The lowest BCUT2D eigenvalue weighted by molar-refractivity contribution is 0.162. The quantitative estimate of drug-likeness (QED) is 0.778. The molecule has 2 heterocycles. The molecule has 0 saturated carbocycles. The van der Waals surface area contributed by atoms with Gasteiger partial charge in [-0.2, -0.15) is 11.8 Å². The fourth-order valence-corrected chi connectivity index (χ4v) is 3.90. The minimum Gasteiger partial charge on any atom is -0.310 e. The van der Waals surface area contributed by atoms with Gasteiger partial charge in [-0.25, -0.2) is 0 Å². The SMILES string of the molecule is CC1SCCC1NC1CCN(C)C(C)C1. The Morgan fingerprint density at radius 3 is 2.67 bits per heavy atom. The first-order valence-corrected chi connectivity index (χ1v) is 7.29. The summed E-state index contributed by atoms with van der Waals surface area (Å²) in [4.78, 5) is 2.48. The molecule has 0 aromatic rings. The molecule has 1 N–H and O–H groups in total. The number of hydrogen-bond donors (Lipinski definition) is 1. The molecule has 0 bridgehead atoms. The van der Waals surface area contributed by atoms with Crippen molar-refractivity contribution in [2.75, 3.05) is 19.3 Å². The number of likely N-dealkylation sites (tertiary alicyclic amines) is 1. The van der Waals surface area contributed by atoms with Crippen LogP contribution in [0.25, 0.3) is 0 Å². The summed E-state index contributed by atoms with van der Waals surface area (Å²) in [5.41, 5.74) is 0. The van der Waals surface area contributed by atoms with E-state index in [1.165, 1.54) is 31.6 Å². The molecule has 15 heavy (non-hydrogen) atoms. The van der Waals surface area contributed by atoms with Crippen LogP contribution in [0.5, 0.6) is 0 Å². The molecule has 2 rings (SSSR count). The number of nitrogens with zero attached hydrogens (tertiary/aromatic N) is 1. The fourth-order valence-electron chi connectivity index (χ4n) is 2.69. The van der Waals surface area contributed by atoms with Gasteiger partial charge < -0.3 is 10.2 Å². The van der Waals surface area contributed by atoms with E-state index in [-0.39, 0.29) is 0 Å². The normalized spacial score (nSPS) is 43.4. The molecule has 2 fully saturated rings. The Morgan fingerprint density at radius 2 is 2.07 bits per heavy atom. The second-order valence-electron chi connectivity index (χ2n) is 5.19. The van der Waals surface area contributed by atoms with E-state index in [0.717, 1.165) is 23.4 Å². The Kier molecular flexibility index (Phi) is 3.97. The second-order valence-corrected chi connectivity index (χ2v) is 6.67. The number of nitrogens with one attached hydrogen (secondary N) is 1. The third-order valence-electron chi connectivity index (χ3n) is 4.03. The number of rotatable bonds is 2. The molecule has 3 heteroatoms. The minimum atomic E-state index is 0.751. The lowest BCUT2D eigenvalue weighted by atomic mass is 9.97. The van der Waals surface area contributed by atoms with Crippen LogP contribution in [0.15, 0.2) is 0 Å². The Balaban J connectivity index is 1.80. The van der Waals surface area contributed by atoms with Gasteiger partial charge in [-0.1, -0.05) is 6.92 Å². The van der Waals surface area contributed by atoms with Crippen molar-refractivity contribution in [2.24, 2.45) is 0 Å². The number of piperidine rings is 1. The molecule has 88 valence electrons. The van der Waals surface area contributed by atoms with Gasteiger partial charge >= 0.3 is 0 Å². The molecular weight excluding hydrogens is 204 g/mol. The molecule has 0 aromatic heterocycles. The van der Waals surface area contributed by atoms with Crippen LogP contribution >= 0.6 is 11.8 Å². The van der Waals surface area contributed by atoms with E-state index in [9.17, 15) is 0 Å². The summed E-state index contributed by atoms with van der Waals surface area (Å²) in [5.74, 6) is 1.35. The zero-order chi connectivity index (χ0) is 10.8. The second kappa shape index (κ2) is 5.07. The van der Waals surface area contributed by atoms with E-state index in [2.05, 4.69) is 42.9 Å². The van der Waals surface area contributed by atoms with Crippen LogP contribution in [0.2, 0.25) is 0 Å². The molecular formula is C12H24N2S. The van der Waals surface area contributed by atoms with Crippen molar-refractivity contribution >= 4 is 11.8 Å². The van der Waals surface area contributed by atoms with Crippen LogP contribution in [0.1, 0.15) is 33.1 Å². The summed E-state index contributed by atoms with van der Waals surface area (Å²) in [6.07, 6.45) is 4.02. The van der Waals surface area contributed by atoms with Crippen molar-refractivity contribution in [1.29, 1.82) is 0 Å². The fraction of sp³-hybridized carbons (Fsp3) is 1.00. The molecule has 2 nitrogen and oxygen atoms in total. The predicted molar refractivity (Wildman–Crippen MR) is 68.6 cm³/mol. The van der Waals surface area contributed by atoms with E-state index >= 15 is 0 Å². The van der Waals surface area contributed by atoms with E-state index in [1.807, 2.05) is 0 Å². The highest BCUT2D eigenvalue weighted by molar-refractivity contribution is 8.00. The highest BCUT2D eigenvalue weighted by atomic mass is 32.2. The molecule has 4 unspecified atom stereocenters. The Bertz CT molecular complexity index is 210. The predicted octanol–water partition coefficient (Wildman–Crippen LogP) is 1.95. The van der Waals surface area contributed by atoms with Crippen molar-refractivity contribution in [1.82, 2.24) is 10.2 Å². The smallest absolute Gasteiger partial charge is 0.0194 e. The molecule has 2 saturated heterocycles. The summed E-state index contributed by atoms with van der Waals surface area (Å²) in [6, 6.07) is 2.29. The highest BCUT2D eigenvalue weighted by Crippen LogP contribution is 2.27. The Labute approximate surface area is 98.2 Å². The molecule has 2 aliphatic heterocycles. The van der Waals surface area contributed by atoms with Crippen LogP contribution in [-0.4, -0.2) is 47.6 Å². The van der Waals surface area contributed by atoms with Crippen LogP contribution in [0.3, 0.4) is 0 Å². The summed E-state index contributed by atoms with van der Waals surface area (Å²) in [6.45, 7) is 5.97. The van der Waals surface area contributed by atoms with Crippen LogP contribution in [0.4, 0.5) is 0 Å². The van der Waals surface area contributed by atoms with Crippen LogP contribution < -0.4 is 5.32 Å². The third kappa shape index (κ3) is 2.89. The first-order valence-electron chi connectivity index (χ1n) is 6.24. The molecule has 0 spiro atoms. The van der Waals surface area contributed by atoms with E-state index in [0.29, 0.717) is 0 Å². The maximum absolute atomic E-state index is 3.87. The third-order valence-corrected chi connectivity index (χ3v) is 5.36. The van der Waals surface area contributed by atoms with Gasteiger partial charge in [-0.05, 0) is 45.5 Å². The maximum Gasteiger partial charge on any atom is 0.0194 e. The van der Waals surface area contributed by atoms with Crippen LogP contribution in [0, 0.1) is 0 Å². The minimum absolute atomic E-state index is 0.751. The zero-order valence-corrected chi connectivity index (χ0v) is 11.0. The van der Waals surface area contributed by atoms with Crippen molar-refractivity contribution < 1.29 is 0 Å². The number of thioether (sulfide) groups is 1. The highest BCUT2D eigenvalue weighted by Gasteiger charge is 2.29. The van der Waals surface area contributed by atoms with Crippen molar-refractivity contribution in [3.63, 3.8) is 0 Å². The molecule has 2 aliphatic rings. The summed E-state index contributed by atoms with van der Waals surface area (Å²) in [7, 11) is 2.24. The molecule has 0 amide bonds. The average molecular weight is 228 g/mol. The number of hydrogen-bond acceptors (Lipinski definition) is 3. The summed E-state index contributed by atoms with van der Waals surface area (Å²) in [5, 5.41) is 4.69. The lowest BCUT2D eigenvalue weighted by Gasteiger charge is -2.37. The zero-order valence-electron chi connectivity index (χ0n) is 10.2. The lowest BCUT2D eigenvalue weighted by Crippen LogP contribution is -2.49. The monoisotopic (exact) mass is 228 g/mol. The molecule has 4 atom stereocenters. The van der Waals surface area contributed by atoms with Crippen LogP contribution in [-0.2, 0) is 0 Å². The van der Waals surface area contributed by atoms with Gasteiger partial charge in [-0.15, -0.1) is 0 Å². The standard InChI is InChI=1S/C12H24N2S/c1-9-8-11(4-6-14(9)3)13-12-5-7-15-10(12)2/h9-13H,4-8H2,1-3H3. The largest absolute Gasteiger partial charge is 0.310 e. The van der Waals surface area contributed by atoms with Gasteiger partial charge in [-0.3, -0.25) is 0 Å². The molecule has 0 radical (unpaired) electrons. The summed E-state index contributed by atoms with van der Waals surface area (Å²) >= 11 is 2.12. The van der Waals surface area contributed by atoms with E-state index in [4.69, 9.17) is 0 Å². The van der Waals surface area contributed by atoms with E-state index < -0.39 is 0 Å². The van der Waals surface area contributed by atoms with Crippen molar-refractivity contribution in [3.8, 4) is 0 Å². The van der Waals surface area contributed by atoms with Gasteiger partial charge in [0.15, 0.2) is 0 Å².